The number of phenols is 1. The largest absolute Gasteiger partial charge is 0.508 e. The van der Waals surface area contributed by atoms with Gasteiger partial charge in [0.05, 0.1) is 25.1 Å². The lowest BCUT2D eigenvalue weighted by Gasteiger charge is -2.27. The number of rotatable bonds is 7. The predicted octanol–water partition coefficient (Wildman–Crippen LogP) is 3.62. The molecule has 5 N–H and O–H groups in total. The molecule has 3 fully saturated rings. The second-order valence-corrected chi connectivity index (χ2v) is 19.0. The van der Waals surface area contributed by atoms with Crippen molar-refractivity contribution < 1.29 is 65.0 Å². The summed E-state index contributed by atoms with van der Waals surface area (Å²) in [6.45, 7) is -4.94. The number of alkyl halides is 2. The van der Waals surface area contributed by atoms with E-state index in [1.54, 1.807) is 19.1 Å². The van der Waals surface area contributed by atoms with Crippen molar-refractivity contribution in [2.45, 2.75) is 61.9 Å². The molecule has 6 heterocycles. The Morgan fingerprint density at radius 1 is 0.967 bits per heavy atom. The van der Waals surface area contributed by atoms with Crippen LogP contribution in [0.2, 0.25) is 0 Å². The highest BCUT2D eigenvalue weighted by Crippen LogP contribution is 2.65. The average molecular weight is 896 g/mol. The van der Waals surface area contributed by atoms with E-state index in [4.69, 9.17) is 38.0 Å². The average Bonchev–Trinajstić information content (AvgIpc) is 3.86. The summed E-state index contributed by atoms with van der Waals surface area (Å²) in [5.41, 5.74) is 5.43. The highest BCUT2D eigenvalue weighted by molar-refractivity contribution is 8.54. The predicted molar refractivity (Wildman–Crippen MR) is 203 cm³/mol. The molecule has 2 unspecified atom stereocenters. The molecule has 0 spiro atoms. The maximum atomic E-state index is 16.6. The molecule has 0 amide bonds. The van der Waals surface area contributed by atoms with Crippen LogP contribution < -0.4 is 21.7 Å². The van der Waals surface area contributed by atoms with Crippen molar-refractivity contribution in [3.8, 4) is 11.5 Å². The Hall–Kier alpha value is -4.87. The molecule has 318 valence electrons. The SMILES string of the molecule is Cc1cc(O)ccc1C(=O)Oc1ccc(CSP2(=O)OC[C@H]3O[C@@H](n4ccc(=O)[nH]c4=O)[C@H](OP(=O)(O)OC[C@H]4O[C@@H](n5cnc6c(N)ncnc65)[C@H](O2)[C@@H]4F)[C@@H]3F)cc1. The molecule has 21 nitrogen and oxygen atoms in total. The first-order valence-corrected chi connectivity index (χ1v) is 22.4. The van der Waals surface area contributed by atoms with Crippen molar-refractivity contribution in [2.24, 2.45) is 0 Å². The van der Waals surface area contributed by atoms with E-state index in [0.717, 1.165) is 18.6 Å². The van der Waals surface area contributed by atoms with Crippen LogP contribution in [-0.2, 0) is 42.5 Å². The smallest absolute Gasteiger partial charge is 0.472 e. The first-order valence-electron chi connectivity index (χ1n) is 17.8. The zero-order chi connectivity index (χ0) is 42.5. The Morgan fingerprint density at radius 2 is 1.65 bits per heavy atom. The molecule has 0 radical (unpaired) electrons. The summed E-state index contributed by atoms with van der Waals surface area (Å²) in [6.07, 6.45) is -12.0. The summed E-state index contributed by atoms with van der Waals surface area (Å²) < 4.78 is 102. The van der Waals surface area contributed by atoms with Gasteiger partial charge in [-0.1, -0.05) is 12.1 Å². The first-order chi connectivity index (χ1) is 28.6. The molecule has 8 rings (SSSR count). The number of hydrogen-bond donors (Lipinski definition) is 4. The van der Waals surface area contributed by atoms with Gasteiger partial charge in [-0.25, -0.2) is 42.5 Å². The van der Waals surface area contributed by atoms with E-state index in [0.29, 0.717) is 27.1 Å². The minimum absolute atomic E-state index is 0.0179. The van der Waals surface area contributed by atoms with Crippen LogP contribution in [0.25, 0.3) is 11.2 Å². The lowest BCUT2D eigenvalue weighted by atomic mass is 10.1. The van der Waals surface area contributed by atoms with Crippen LogP contribution in [0, 0.1) is 6.92 Å². The molecule has 2 aromatic carbocycles. The Balaban J connectivity index is 1.10. The summed E-state index contributed by atoms with van der Waals surface area (Å²) in [7, 11) is -5.30. The molecule has 3 aliphatic heterocycles. The standard InChI is InChI=1S/C34H33F2N7O14P2S/c1-16-10-18(44)4-7-20(16)33(46)53-19-5-2-17(3-6-19)13-60-59(50)52-12-22-24(35)27(31(54-22)42-9-8-23(45)41-34(42)47)56-58(48,49)51-11-21-25(36)28(57-59)32(55-21)43-15-40-26-29(37)38-14-39-30(26)43/h2-10,14-15,21-22,24-25,27-28,31-32,44H,11-13H2,1H3,(H,48,49)(H2,37,38,39)(H,41,45,47)/t21-,22-,24-,25-,27-,28-,31-,32-,59?/m1/s1. The maximum Gasteiger partial charge on any atom is 0.472 e. The van der Waals surface area contributed by atoms with Crippen LogP contribution >= 0.6 is 26.0 Å². The number of nitrogens with one attached hydrogen (secondary N) is 1. The Morgan fingerprint density at radius 3 is 2.35 bits per heavy atom. The van der Waals surface area contributed by atoms with Crippen molar-refractivity contribution in [1.82, 2.24) is 29.1 Å². The van der Waals surface area contributed by atoms with Crippen molar-refractivity contribution in [3.63, 3.8) is 0 Å². The number of aromatic nitrogens is 6. The van der Waals surface area contributed by atoms with E-state index >= 15 is 8.78 Å². The van der Waals surface area contributed by atoms with Crippen molar-refractivity contribution in [3.05, 3.63) is 105 Å². The molecule has 60 heavy (non-hydrogen) atoms. The van der Waals surface area contributed by atoms with Crippen molar-refractivity contribution in [2.75, 3.05) is 18.9 Å². The Labute approximate surface area is 339 Å². The zero-order valence-corrected chi connectivity index (χ0v) is 33.4. The van der Waals surface area contributed by atoms with Gasteiger partial charge in [0, 0.05) is 18.0 Å². The third-order valence-corrected chi connectivity index (χ3v) is 14.2. The van der Waals surface area contributed by atoms with E-state index in [2.05, 4.69) is 15.0 Å². The number of nitrogen functional groups attached to an aromatic ring is 1. The van der Waals surface area contributed by atoms with E-state index in [1.807, 2.05) is 4.98 Å². The molecule has 4 bridgehead atoms. The van der Waals surface area contributed by atoms with Crippen LogP contribution in [0.3, 0.4) is 0 Å². The topological polar surface area (TPSA) is 281 Å². The van der Waals surface area contributed by atoms with Gasteiger partial charge in [0.2, 0.25) is 0 Å². The fourth-order valence-electron chi connectivity index (χ4n) is 6.63. The van der Waals surface area contributed by atoms with Crippen LogP contribution in [-0.4, -0.2) is 95.0 Å². The molecule has 10 atom stereocenters. The number of ether oxygens (including phenoxy) is 3. The number of phenolic OH excluding ortho intramolecular Hbond substituents is 1. The minimum atomic E-state index is -5.30. The number of carbonyl (C=O) groups is 1. The van der Waals surface area contributed by atoms with Gasteiger partial charge in [-0.15, -0.1) is 0 Å². The monoisotopic (exact) mass is 895 g/mol. The third-order valence-electron chi connectivity index (χ3n) is 9.57. The van der Waals surface area contributed by atoms with Crippen molar-refractivity contribution in [1.29, 1.82) is 0 Å². The van der Waals surface area contributed by atoms with Gasteiger partial charge in [-0.05, 0) is 59.8 Å². The molecular formula is C34H33F2N7O14P2S. The number of halogens is 2. The molecular weight excluding hydrogens is 862 g/mol. The number of anilines is 1. The number of aryl methyl sites for hydroxylation is 1. The Kier molecular flexibility index (Phi) is 11.5. The van der Waals surface area contributed by atoms with Gasteiger partial charge in [-0.3, -0.25) is 37.0 Å². The number of benzene rings is 2. The normalized spacial score (nSPS) is 30.9. The van der Waals surface area contributed by atoms with E-state index < -0.39 is 94.3 Å². The summed E-state index contributed by atoms with van der Waals surface area (Å²) in [6, 6.07) is 11.1. The fourth-order valence-corrected chi connectivity index (χ4v) is 10.9. The number of esters is 1. The molecule has 3 saturated heterocycles. The highest BCUT2D eigenvalue weighted by Gasteiger charge is 2.55. The first kappa shape index (κ1) is 41.8. The molecule has 5 aromatic rings. The van der Waals surface area contributed by atoms with E-state index in [9.17, 15) is 33.5 Å². The third kappa shape index (κ3) is 8.53. The number of aromatic hydroxyl groups is 1. The number of imidazole rings is 1. The molecule has 3 aromatic heterocycles. The number of phosphoric acid groups is 1. The lowest BCUT2D eigenvalue weighted by Crippen LogP contribution is -2.38. The minimum Gasteiger partial charge on any atom is -0.508 e. The van der Waals surface area contributed by atoms with Gasteiger partial charge < -0.3 is 29.9 Å². The van der Waals surface area contributed by atoms with Gasteiger partial charge in [0.25, 0.3) is 5.56 Å². The van der Waals surface area contributed by atoms with Gasteiger partial charge in [0.1, 0.15) is 47.8 Å². The molecule has 26 heteroatoms. The highest BCUT2D eigenvalue weighted by atomic mass is 32.7. The summed E-state index contributed by atoms with van der Waals surface area (Å²) in [5.74, 6) is -0.706. The van der Waals surface area contributed by atoms with Crippen molar-refractivity contribution >= 4 is 49.0 Å². The van der Waals surface area contributed by atoms with Crippen LogP contribution in [0.1, 0.15) is 33.9 Å². The van der Waals surface area contributed by atoms with Gasteiger partial charge in [0.15, 0.2) is 36.3 Å². The van der Waals surface area contributed by atoms with E-state index in [1.165, 1.54) is 41.2 Å². The zero-order valence-electron chi connectivity index (χ0n) is 30.8. The number of nitrogens with zero attached hydrogens (tertiary/aromatic N) is 5. The maximum absolute atomic E-state index is 16.6. The number of hydrogen-bond acceptors (Lipinski definition) is 18. The number of carbonyl (C=O) groups excluding carboxylic acids is 1. The number of H-pyrrole nitrogens is 1. The number of aromatic amines is 1. The Bertz CT molecular complexity index is 2660. The number of fused-ring (bicyclic) bond motifs is 5. The second-order valence-electron chi connectivity index (χ2n) is 13.6. The van der Waals surface area contributed by atoms with Crippen LogP contribution in [0.15, 0.2) is 77.0 Å². The fraction of sp³-hybridized carbons (Fsp3) is 0.353. The molecule has 0 saturated carbocycles. The molecule has 3 aliphatic rings. The lowest BCUT2D eigenvalue weighted by molar-refractivity contribution is -0.0650. The number of nitrogens with two attached hydrogens (primary N) is 1. The van der Waals surface area contributed by atoms with Gasteiger partial charge in [-0.2, -0.15) is 0 Å². The summed E-state index contributed by atoms with van der Waals surface area (Å²) in [5, 5.41) is 9.68. The van der Waals surface area contributed by atoms with Crippen LogP contribution in [0.5, 0.6) is 11.5 Å². The van der Waals surface area contributed by atoms with Gasteiger partial charge >= 0.3 is 26.3 Å². The molecule has 0 aliphatic carbocycles. The summed E-state index contributed by atoms with van der Waals surface area (Å²) >= 11 is 0.573. The van der Waals surface area contributed by atoms with Crippen LogP contribution in [0.4, 0.5) is 14.6 Å². The number of phosphoric ester groups is 1. The second kappa shape index (κ2) is 16.5. The summed E-state index contributed by atoms with van der Waals surface area (Å²) in [4.78, 5) is 62.1. The quantitative estimate of drug-likeness (QED) is 0.103. The van der Waals surface area contributed by atoms with E-state index in [-0.39, 0.29) is 39.8 Å².